The Balaban J connectivity index is 1.38. The first-order valence-corrected chi connectivity index (χ1v) is 18.4. The van der Waals surface area contributed by atoms with Crippen LogP contribution in [0.5, 0.6) is 0 Å². The van der Waals surface area contributed by atoms with Gasteiger partial charge in [-0.25, -0.2) is 4.79 Å². The average molecular weight is 686 g/mol. The number of nitrogens with zero attached hydrogens (tertiary/aromatic N) is 2. The van der Waals surface area contributed by atoms with Crippen molar-refractivity contribution in [2.24, 2.45) is 39.2 Å². The normalized spacial score (nSPS) is 27.5. The molecule has 0 aromatic rings. The molecule has 5 rings (SSSR count). The summed E-state index contributed by atoms with van der Waals surface area (Å²) >= 11 is 0. The molecule has 2 spiro atoms. The highest BCUT2D eigenvalue weighted by Crippen LogP contribution is 2.88. The maximum Gasteiger partial charge on any atom is 0.316 e. The van der Waals surface area contributed by atoms with Crippen LogP contribution < -0.4 is 27.0 Å². The zero-order valence-electron chi connectivity index (χ0n) is 30.6. The summed E-state index contributed by atoms with van der Waals surface area (Å²) in [7, 11) is 0. The van der Waals surface area contributed by atoms with Crippen LogP contribution in [0.4, 0.5) is 4.79 Å². The molecular formula is C36H59N7O6. The van der Waals surface area contributed by atoms with Crippen molar-refractivity contribution in [1.82, 2.24) is 31.1 Å². The Kier molecular flexibility index (Phi) is 10.2. The number of likely N-dealkylation sites (tertiary alicyclic amines) is 1. The third-order valence-electron chi connectivity index (χ3n) is 13.1. The molecular weight excluding hydrogens is 626 g/mol. The molecule has 0 bridgehead atoms. The van der Waals surface area contributed by atoms with E-state index in [-0.39, 0.29) is 39.9 Å². The van der Waals surface area contributed by atoms with Gasteiger partial charge < -0.3 is 36.8 Å². The number of amides is 6. The van der Waals surface area contributed by atoms with E-state index in [4.69, 9.17) is 5.73 Å². The summed E-state index contributed by atoms with van der Waals surface area (Å²) in [6.45, 7) is 16.6. The number of nitrogens with one attached hydrogen (secondary N) is 4. The van der Waals surface area contributed by atoms with E-state index < -0.39 is 53.2 Å². The molecule has 6 amide bonds. The largest absolute Gasteiger partial charge is 0.363 e. The Labute approximate surface area is 291 Å². The van der Waals surface area contributed by atoms with Gasteiger partial charge in [0.15, 0.2) is 0 Å². The van der Waals surface area contributed by atoms with Gasteiger partial charge in [-0.15, -0.1) is 0 Å². The van der Waals surface area contributed by atoms with Crippen LogP contribution in [0.3, 0.4) is 0 Å². The zero-order chi connectivity index (χ0) is 36.1. The fourth-order valence-corrected chi connectivity index (χ4v) is 9.52. The average Bonchev–Trinajstić information content (AvgIpc) is 3.21. The lowest BCUT2D eigenvalue weighted by molar-refractivity contribution is -0.143. The topological polar surface area (TPSA) is 183 Å². The number of ketones is 1. The van der Waals surface area contributed by atoms with Gasteiger partial charge in [-0.2, -0.15) is 0 Å². The van der Waals surface area contributed by atoms with Gasteiger partial charge in [0.25, 0.3) is 5.91 Å². The van der Waals surface area contributed by atoms with Crippen molar-refractivity contribution in [3.63, 3.8) is 0 Å². The third-order valence-corrected chi connectivity index (χ3v) is 13.1. The van der Waals surface area contributed by atoms with Crippen LogP contribution >= 0.6 is 0 Å². The fourth-order valence-electron chi connectivity index (χ4n) is 9.52. The Hall–Kier alpha value is -3.22. The lowest BCUT2D eigenvalue weighted by atomic mass is 9.73. The highest BCUT2D eigenvalue weighted by atomic mass is 16.2. The van der Waals surface area contributed by atoms with E-state index in [1.54, 1.807) is 9.80 Å². The fraction of sp³-hybridized carbons (Fsp3) is 0.833. The van der Waals surface area contributed by atoms with Crippen LogP contribution in [0, 0.1) is 33.5 Å². The smallest absolute Gasteiger partial charge is 0.316 e. The second kappa shape index (κ2) is 13.5. The van der Waals surface area contributed by atoms with Gasteiger partial charge in [0.05, 0.1) is 6.04 Å². The molecule has 6 N–H and O–H groups in total. The molecule has 13 heteroatoms. The van der Waals surface area contributed by atoms with E-state index in [2.05, 4.69) is 35.1 Å². The first kappa shape index (κ1) is 37.0. The molecule has 2 heterocycles. The minimum atomic E-state index is -1.09. The molecule has 5 aliphatic rings. The summed E-state index contributed by atoms with van der Waals surface area (Å²) in [5.74, 6) is -2.89. The molecule has 0 radical (unpaired) electrons. The summed E-state index contributed by atoms with van der Waals surface area (Å²) in [4.78, 5) is 84.2. The van der Waals surface area contributed by atoms with Crippen LogP contribution in [-0.4, -0.2) is 102 Å². The number of fused-ring (bicyclic) bond motifs is 1. The molecule has 3 unspecified atom stereocenters. The monoisotopic (exact) mass is 685 g/mol. The van der Waals surface area contributed by atoms with Gasteiger partial charge in [-0.1, -0.05) is 74.1 Å². The quantitative estimate of drug-likeness (QED) is 0.205. The number of Topliss-reactive ketones (excluding diaryl/α,β-unsaturated/α-hetero) is 1. The van der Waals surface area contributed by atoms with Crippen molar-refractivity contribution < 1.29 is 28.8 Å². The number of urea groups is 1. The van der Waals surface area contributed by atoms with Crippen molar-refractivity contribution in [3.8, 4) is 0 Å². The van der Waals surface area contributed by atoms with Crippen molar-refractivity contribution in [2.45, 2.75) is 124 Å². The summed E-state index contributed by atoms with van der Waals surface area (Å²) in [6.07, 6.45) is 6.82. The van der Waals surface area contributed by atoms with E-state index in [0.717, 1.165) is 38.5 Å². The minimum Gasteiger partial charge on any atom is -0.363 e. The maximum atomic E-state index is 14.7. The lowest BCUT2D eigenvalue weighted by Crippen LogP contribution is -2.62. The summed E-state index contributed by atoms with van der Waals surface area (Å²) in [6, 6.07) is -4.35. The molecule has 0 aromatic carbocycles. The molecule has 5 atom stereocenters. The highest BCUT2D eigenvalue weighted by Gasteiger charge is 2.85. The van der Waals surface area contributed by atoms with Gasteiger partial charge >= 0.3 is 6.03 Å². The van der Waals surface area contributed by atoms with E-state index in [0.29, 0.717) is 45.6 Å². The van der Waals surface area contributed by atoms with E-state index >= 15 is 0 Å². The number of nitrogens with two attached hydrogens (primary N) is 1. The number of hydrogen-bond acceptors (Lipinski definition) is 7. The second-order valence-electron chi connectivity index (χ2n) is 17.4. The molecule has 13 nitrogen and oxygen atoms in total. The van der Waals surface area contributed by atoms with Crippen LogP contribution in [0.25, 0.3) is 0 Å². The van der Waals surface area contributed by atoms with Gasteiger partial charge in [0.2, 0.25) is 23.5 Å². The van der Waals surface area contributed by atoms with Crippen molar-refractivity contribution >= 4 is 35.4 Å². The molecule has 2 aliphatic heterocycles. The summed E-state index contributed by atoms with van der Waals surface area (Å²) in [5, 5.41) is 11.8. The van der Waals surface area contributed by atoms with E-state index in [1.165, 1.54) is 0 Å². The molecule has 274 valence electrons. The number of hydrogen-bond donors (Lipinski definition) is 5. The second-order valence-corrected chi connectivity index (χ2v) is 17.4. The molecule has 5 fully saturated rings. The number of carbonyl (C=O) groups excluding carboxylic acids is 6. The Bertz CT molecular complexity index is 1340. The third kappa shape index (κ3) is 6.56. The molecule has 49 heavy (non-hydrogen) atoms. The van der Waals surface area contributed by atoms with Gasteiger partial charge in [0.1, 0.15) is 18.1 Å². The van der Waals surface area contributed by atoms with Crippen LogP contribution in [-0.2, 0) is 24.0 Å². The molecule has 3 aliphatic carbocycles. The van der Waals surface area contributed by atoms with Crippen LogP contribution in [0.2, 0.25) is 0 Å². The van der Waals surface area contributed by atoms with Gasteiger partial charge in [-0.3, -0.25) is 24.0 Å². The highest BCUT2D eigenvalue weighted by molar-refractivity contribution is 6.37. The van der Waals surface area contributed by atoms with Crippen molar-refractivity contribution in [3.05, 3.63) is 0 Å². The number of primary amides is 1. The summed E-state index contributed by atoms with van der Waals surface area (Å²) < 4.78 is 0. The van der Waals surface area contributed by atoms with Crippen molar-refractivity contribution in [2.75, 3.05) is 32.7 Å². The minimum absolute atomic E-state index is 0.0266. The predicted molar refractivity (Wildman–Crippen MR) is 184 cm³/mol. The summed E-state index contributed by atoms with van der Waals surface area (Å²) in [5.41, 5.74) is 4.30. The molecule has 3 saturated carbocycles. The zero-order valence-corrected chi connectivity index (χ0v) is 30.6. The Morgan fingerprint density at radius 1 is 0.898 bits per heavy atom. The number of rotatable bonds is 11. The van der Waals surface area contributed by atoms with Gasteiger partial charge in [-0.05, 0) is 53.8 Å². The number of piperazine rings is 1. The predicted octanol–water partition coefficient (Wildman–Crippen LogP) is 1.68. The Morgan fingerprint density at radius 3 is 2.00 bits per heavy atom. The van der Waals surface area contributed by atoms with Gasteiger partial charge in [0, 0.05) is 38.1 Å². The van der Waals surface area contributed by atoms with Crippen molar-refractivity contribution in [1.29, 1.82) is 0 Å². The SMILES string of the molecule is CC(C)[C@H](NC(=O)NC(C(=O)N1CC2(C[C@H]1C(=O)NC(CC1CCC1)C(=O)C(N)=O)C(C)(C)C21CCC1)C(C)(C)C)C(=O)N1CCNCC1. The molecule has 2 saturated heterocycles. The first-order valence-electron chi connectivity index (χ1n) is 18.4. The van der Waals surface area contributed by atoms with Crippen LogP contribution in [0.1, 0.15) is 99.8 Å². The van der Waals surface area contributed by atoms with Crippen LogP contribution in [0.15, 0.2) is 0 Å². The first-order chi connectivity index (χ1) is 22.9. The Morgan fingerprint density at radius 2 is 1.53 bits per heavy atom. The standard InChI is InChI=1S/C36H59N7O6/c1-21(2)25(30(47)42-16-14-38-15-17-42)40-32(49)41-27(33(3,4)5)31(48)43-20-36(34(6,7)35(36)12-9-13-35)19-24(43)29(46)39-23(26(44)28(37)45)18-22-10-8-11-22/h21-25,27,38H,8-20H2,1-7H3,(H2,37,45)(H,39,46)(H2,40,41,49)/t23?,24-,25-,27?,36?/m0/s1. The number of carbonyl (C=O) groups is 6. The van der Waals surface area contributed by atoms with E-state index in [9.17, 15) is 28.8 Å². The lowest BCUT2D eigenvalue weighted by Gasteiger charge is -2.37. The molecule has 0 aromatic heterocycles. The maximum absolute atomic E-state index is 14.7. The van der Waals surface area contributed by atoms with E-state index in [1.807, 2.05) is 34.6 Å².